The molecule has 11 nitrogen and oxygen atoms in total. The molecular formula is C36H41ClF3N3O8S. The number of hydrogen-bond acceptors (Lipinski definition) is 10. The molecule has 0 radical (unpaired) electrons. The van der Waals surface area contributed by atoms with E-state index in [1.807, 2.05) is 0 Å². The molecule has 1 unspecified atom stereocenters. The van der Waals surface area contributed by atoms with Crippen molar-refractivity contribution in [3.05, 3.63) is 76.3 Å². The van der Waals surface area contributed by atoms with Crippen molar-refractivity contribution in [2.24, 2.45) is 0 Å². The molecule has 1 fully saturated rings. The van der Waals surface area contributed by atoms with Crippen LogP contribution in [-0.2, 0) is 29.9 Å². The second-order valence-corrected chi connectivity index (χ2v) is 14.7. The number of carbonyl (C=O) groups is 2. The Labute approximate surface area is 306 Å². The lowest BCUT2D eigenvalue weighted by atomic mass is 9.80. The number of benzene rings is 3. The minimum absolute atomic E-state index is 0.0162. The van der Waals surface area contributed by atoms with Gasteiger partial charge in [0.25, 0.3) is 15.9 Å². The summed E-state index contributed by atoms with van der Waals surface area (Å²) in [5.74, 6) is -2.11. The number of anilines is 1. The van der Waals surface area contributed by atoms with E-state index in [9.17, 15) is 26.4 Å². The maximum atomic E-state index is 15.4. The van der Waals surface area contributed by atoms with Crippen LogP contribution in [0.5, 0.6) is 17.2 Å². The van der Waals surface area contributed by atoms with Gasteiger partial charge in [-0.1, -0.05) is 37.1 Å². The van der Waals surface area contributed by atoms with E-state index in [0.29, 0.717) is 29.2 Å². The van der Waals surface area contributed by atoms with Gasteiger partial charge < -0.3 is 28.6 Å². The van der Waals surface area contributed by atoms with Gasteiger partial charge in [-0.2, -0.15) is 0 Å². The summed E-state index contributed by atoms with van der Waals surface area (Å²) in [5.41, 5.74) is -1.29. The fraction of sp³-hybridized carbons (Fsp3) is 0.444. The van der Waals surface area contributed by atoms with E-state index >= 15 is 4.79 Å². The van der Waals surface area contributed by atoms with Crippen LogP contribution >= 0.6 is 11.6 Å². The largest absolute Gasteiger partial charge is 0.573 e. The maximum Gasteiger partial charge on any atom is 0.573 e. The number of alkyl halides is 3. The first-order valence-electron chi connectivity index (χ1n) is 16.7. The van der Waals surface area contributed by atoms with E-state index in [-0.39, 0.29) is 46.3 Å². The molecule has 1 saturated heterocycles. The monoisotopic (exact) mass is 767 g/mol. The lowest BCUT2D eigenvalue weighted by Gasteiger charge is -2.41. The van der Waals surface area contributed by atoms with Crippen LogP contribution in [-0.4, -0.2) is 95.9 Å². The lowest BCUT2D eigenvalue weighted by Crippen LogP contribution is -2.57. The average molecular weight is 768 g/mol. The van der Waals surface area contributed by atoms with Crippen LogP contribution in [0.25, 0.3) is 0 Å². The number of nitrogens with zero attached hydrogens (tertiary/aromatic N) is 3. The summed E-state index contributed by atoms with van der Waals surface area (Å²) >= 11 is 6.55. The molecule has 2 heterocycles. The molecule has 0 bridgehead atoms. The van der Waals surface area contributed by atoms with Gasteiger partial charge in [-0.3, -0.25) is 9.69 Å². The van der Waals surface area contributed by atoms with Crippen LogP contribution in [0.3, 0.4) is 0 Å². The number of rotatable bonds is 15. The number of carbonyl (C=O) groups excluding carboxylic acids is 2. The Morgan fingerprint density at radius 1 is 1.00 bits per heavy atom. The Hall–Kier alpha value is -3.89. The number of likely N-dealkylation sites (tertiary alicyclic amines) is 1. The van der Waals surface area contributed by atoms with Gasteiger partial charge in [0.2, 0.25) is 0 Å². The van der Waals surface area contributed by atoms with Crippen molar-refractivity contribution < 1.29 is 50.1 Å². The molecule has 1 amide bonds. The molecular weight excluding hydrogens is 727 g/mol. The molecule has 2 aliphatic rings. The summed E-state index contributed by atoms with van der Waals surface area (Å²) in [6.45, 7) is 8.85. The third-order valence-corrected chi connectivity index (χ3v) is 11.4. The second-order valence-electron chi connectivity index (χ2n) is 12.5. The molecule has 2 aliphatic heterocycles. The Kier molecular flexibility index (Phi) is 11.8. The van der Waals surface area contributed by atoms with Crippen LogP contribution in [0.1, 0.15) is 43.4 Å². The van der Waals surface area contributed by atoms with Crippen LogP contribution in [0.2, 0.25) is 5.02 Å². The molecule has 3 atom stereocenters. The topological polar surface area (TPSA) is 115 Å². The Bertz CT molecular complexity index is 1910. The predicted octanol–water partition coefficient (Wildman–Crippen LogP) is 5.93. The number of methoxy groups -OCH3 is 2. The van der Waals surface area contributed by atoms with Crippen molar-refractivity contribution in [1.29, 1.82) is 0 Å². The number of aldehydes is 1. The molecule has 0 aromatic heterocycles. The fourth-order valence-corrected chi connectivity index (χ4v) is 8.79. The summed E-state index contributed by atoms with van der Waals surface area (Å²) in [4.78, 5) is 31.2. The standard InChI is InChI=1S/C36H41ClF3N3O8S/c1-6-41(7-2)15-8-16-50-27-19-25(22-44)42(21-27)35(29-17-23(3)9-13-31(29)49-5)28-18-24(37)10-12-30(28)43(34(35)45)52(46,47)33-14-11-26(48-4)20-32(33)51-36(38,39)40/h9-14,17-18,20,22,25,27H,6-8,15-16,19,21H2,1-5H3/t25-,27+,35?/m0/s1. The minimum Gasteiger partial charge on any atom is -0.497 e. The Morgan fingerprint density at radius 2 is 1.73 bits per heavy atom. The highest BCUT2D eigenvalue weighted by Crippen LogP contribution is 2.55. The van der Waals surface area contributed by atoms with Crippen molar-refractivity contribution in [2.45, 2.75) is 62.6 Å². The quantitative estimate of drug-likeness (QED) is 0.136. The van der Waals surface area contributed by atoms with Gasteiger partial charge in [0, 0.05) is 41.9 Å². The molecule has 52 heavy (non-hydrogen) atoms. The first-order valence-corrected chi connectivity index (χ1v) is 18.5. The SMILES string of the molecule is CCN(CC)CCCO[C@@H]1C[C@@H](C=O)N(C2(c3cc(C)ccc3OC)C(=O)N(S(=O)(=O)c3ccc(OC)cc3OC(F)(F)F)c3ccc(Cl)cc32)C1. The van der Waals surface area contributed by atoms with Crippen molar-refractivity contribution in [3.63, 3.8) is 0 Å². The number of aryl methyl sites for hydroxylation is 1. The summed E-state index contributed by atoms with van der Waals surface area (Å²) in [5, 5.41) is 0.137. The number of amides is 1. The van der Waals surface area contributed by atoms with Gasteiger partial charge in [0.1, 0.15) is 22.7 Å². The zero-order valence-corrected chi connectivity index (χ0v) is 31.0. The fourth-order valence-electron chi connectivity index (χ4n) is 7.05. The van der Waals surface area contributed by atoms with Gasteiger partial charge >= 0.3 is 6.36 Å². The van der Waals surface area contributed by atoms with E-state index in [1.54, 1.807) is 30.0 Å². The Balaban J connectivity index is 1.71. The van der Waals surface area contributed by atoms with Gasteiger partial charge in [0.15, 0.2) is 11.3 Å². The van der Waals surface area contributed by atoms with Crippen LogP contribution in [0.15, 0.2) is 59.5 Å². The zero-order valence-electron chi connectivity index (χ0n) is 29.4. The number of halogens is 4. The molecule has 3 aromatic rings. The molecule has 0 spiro atoms. The van der Waals surface area contributed by atoms with Gasteiger partial charge in [-0.05, 0) is 75.3 Å². The van der Waals surface area contributed by atoms with Gasteiger partial charge in [-0.15, -0.1) is 13.2 Å². The first-order chi connectivity index (χ1) is 24.7. The van der Waals surface area contributed by atoms with Crippen molar-refractivity contribution in [1.82, 2.24) is 9.80 Å². The normalized spacial score (nSPS) is 20.7. The summed E-state index contributed by atoms with van der Waals surface area (Å²) in [6.07, 6.45) is -4.25. The van der Waals surface area contributed by atoms with Crippen LogP contribution in [0.4, 0.5) is 18.9 Å². The highest BCUT2D eigenvalue weighted by molar-refractivity contribution is 7.93. The minimum atomic E-state index is -5.29. The summed E-state index contributed by atoms with van der Waals surface area (Å²) in [7, 11) is -2.61. The van der Waals surface area contributed by atoms with Crippen LogP contribution < -0.4 is 18.5 Å². The van der Waals surface area contributed by atoms with Crippen molar-refractivity contribution in [3.8, 4) is 17.2 Å². The molecule has 0 N–H and O–H groups in total. The lowest BCUT2D eigenvalue weighted by molar-refractivity contribution is -0.275. The number of sulfonamides is 1. The maximum absolute atomic E-state index is 15.4. The number of fused-ring (bicyclic) bond motifs is 1. The third-order valence-electron chi connectivity index (χ3n) is 9.46. The molecule has 5 rings (SSSR count). The van der Waals surface area contributed by atoms with E-state index in [2.05, 4.69) is 23.5 Å². The van der Waals surface area contributed by atoms with Crippen LogP contribution in [0, 0.1) is 6.92 Å². The van der Waals surface area contributed by atoms with Gasteiger partial charge in [0.05, 0.1) is 32.1 Å². The highest BCUT2D eigenvalue weighted by atomic mass is 35.5. The summed E-state index contributed by atoms with van der Waals surface area (Å²) < 4.78 is 91.9. The second kappa shape index (κ2) is 15.6. The van der Waals surface area contributed by atoms with Crippen molar-refractivity contribution >= 4 is 39.5 Å². The molecule has 0 aliphatic carbocycles. The highest BCUT2D eigenvalue weighted by Gasteiger charge is 2.63. The third kappa shape index (κ3) is 7.33. The molecule has 0 saturated carbocycles. The smallest absolute Gasteiger partial charge is 0.497 e. The van der Waals surface area contributed by atoms with E-state index in [1.165, 1.54) is 32.4 Å². The van der Waals surface area contributed by atoms with Crippen molar-refractivity contribution in [2.75, 3.05) is 51.3 Å². The molecule has 3 aromatic carbocycles. The van der Waals surface area contributed by atoms with Gasteiger partial charge in [-0.25, -0.2) is 12.7 Å². The number of hydrogen-bond donors (Lipinski definition) is 0. The molecule has 282 valence electrons. The average Bonchev–Trinajstić information content (AvgIpc) is 3.63. The van der Waals surface area contributed by atoms with E-state index in [4.69, 9.17) is 25.8 Å². The molecule has 16 heteroatoms. The zero-order chi connectivity index (χ0) is 38.0. The predicted molar refractivity (Wildman–Crippen MR) is 188 cm³/mol. The number of ether oxygens (including phenoxy) is 4. The van der Waals surface area contributed by atoms with E-state index < -0.39 is 50.6 Å². The van der Waals surface area contributed by atoms with E-state index in [0.717, 1.165) is 37.8 Å². The Morgan fingerprint density at radius 3 is 2.37 bits per heavy atom. The first kappa shape index (κ1) is 39.3. The summed E-state index contributed by atoms with van der Waals surface area (Å²) in [6, 6.07) is 10.9.